The average Bonchev–Trinajstić information content (AvgIpc) is 3.29. The molecule has 3 heterocycles. The first kappa shape index (κ1) is 18.4. The number of hydrogen-bond acceptors (Lipinski definition) is 7. The lowest BCUT2D eigenvalue weighted by Crippen LogP contribution is -2.29. The molecule has 0 spiro atoms. The molecule has 1 unspecified atom stereocenters. The van der Waals surface area contributed by atoms with Crippen molar-refractivity contribution in [3.63, 3.8) is 0 Å². The van der Waals surface area contributed by atoms with E-state index in [1.165, 1.54) is 12.0 Å². The van der Waals surface area contributed by atoms with Gasteiger partial charge in [-0.1, -0.05) is 5.16 Å². The van der Waals surface area contributed by atoms with Crippen LogP contribution in [0.3, 0.4) is 0 Å². The van der Waals surface area contributed by atoms with Gasteiger partial charge in [-0.3, -0.25) is 19.5 Å². The lowest BCUT2D eigenvalue weighted by Gasteiger charge is -2.22. The normalized spacial score (nSPS) is 18.3. The Hall–Kier alpha value is -3.94. The number of hydrogen-bond donors (Lipinski definition) is 1. The largest absolute Gasteiger partial charge is 0.507 e. The zero-order valence-corrected chi connectivity index (χ0v) is 15.7. The second-order valence-electron chi connectivity index (χ2n) is 6.47. The number of aryl methyl sites for hydroxylation is 1. The van der Waals surface area contributed by atoms with Gasteiger partial charge in [0.1, 0.15) is 17.3 Å². The number of rotatable bonds is 4. The fraction of sp³-hybridized carbons (Fsp3) is 0.143. The van der Waals surface area contributed by atoms with Crippen LogP contribution < -0.4 is 9.64 Å². The van der Waals surface area contributed by atoms with E-state index in [0.717, 1.165) is 0 Å². The van der Waals surface area contributed by atoms with Crippen LogP contribution in [0.2, 0.25) is 0 Å². The number of aromatic nitrogens is 2. The van der Waals surface area contributed by atoms with Gasteiger partial charge in [0.25, 0.3) is 5.78 Å². The first-order chi connectivity index (χ1) is 14.0. The minimum atomic E-state index is -0.871. The molecule has 0 radical (unpaired) electrons. The van der Waals surface area contributed by atoms with Crippen LogP contribution in [0.5, 0.6) is 5.75 Å². The van der Waals surface area contributed by atoms with E-state index in [1.54, 1.807) is 61.8 Å². The van der Waals surface area contributed by atoms with Crippen molar-refractivity contribution in [2.45, 2.75) is 13.0 Å². The molecule has 1 aliphatic rings. The molecule has 0 saturated carbocycles. The Balaban J connectivity index is 1.90. The predicted octanol–water partition coefficient (Wildman–Crippen LogP) is 3.01. The van der Waals surface area contributed by atoms with Gasteiger partial charge >= 0.3 is 5.91 Å². The van der Waals surface area contributed by atoms with Crippen LogP contribution in [-0.2, 0) is 9.59 Å². The molecule has 0 bridgehead atoms. The van der Waals surface area contributed by atoms with Crippen molar-refractivity contribution < 1.29 is 24.0 Å². The summed E-state index contributed by atoms with van der Waals surface area (Å²) in [4.78, 5) is 31.0. The Bertz CT molecular complexity index is 1100. The standard InChI is InChI=1S/C21H17N3O5/c1-12-11-16(23-29-12)24-18(13-7-9-22-10-8-13)17(20(26)21(24)27)19(25)14-3-5-15(28-2)6-4-14/h3-11,18,25H,1-2H3/b19-17+. The van der Waals surface area contributed by atoms with E-state index in [9.17, 15) is 14.7 Å². The highest BCUT2D eigenvalue weighted by molar-refractivity contribution is 6.51. The molecule has 1 saturated heterocycles. The van der Waals surface area contributed by atoms with E-state index < -0.39 is 17.7 Å². The highest BCUT2D eigenvalue weighted by atomic mass is 16.5. The number of aliphatic hydroxyl groups is 1. The van der Waals surface area contributed by atoms with E-state index in [1.807, 2.05) is 0 Å². The molecule has 4 rings (SSSR count). The Labute approximate surface area is 166 Å². The SMILES string of the molecule is COc1ccc(/C(O)=C2\C(=O)C(=O)N(c3cc(C)on3)C2c2ccncc2)cc1. The van der Waals surface area contributed by atoms with Crippen molar-refractivity contribution in [3.05, 3.63) is 77.3 Å². The van der Waals surface area contributed by atoms with Gasteiger partial charge in [0.15, 0.2) is 5.82 Å². The molecule has 2 aromatic heterocycles. The molecule has 1 amide bonds. The number of nitrogens with zero attached hydrogens (tertiary/aromatic N) is 3. The lowest BCUT2D eigenvalue weighted by molar-refractivity contribution is -0.132. The zero-order chi connectivity index (χ0) is 20.5. The first-order valence-electron chi connectivity index (χ1n) is 8.80. The van der Waals surface area contributed by atoms with Gasteiger partial charge in [-0.15, -0.1) is 0 Å². The van der Waals surface area contributed by atoms with Gasteiger partial charge in [-0.05, 0) is 48.9 Å². The summed E-state index contributed by atoms with van der Waals surface area (Å²) in [5.74, 6) is -0.594. The number of ketones is 1. The van der Waals surface area contributed by atoms with Crippen LogP contribution in [0.4, 0.5) is 5.82 Å². The Morgan fingerprint density at radius 3 is 2.41 bits per heavy atom. The van der Waals surface area contributed by atoms with E-state index in [-0.39, 0.29) is 17.2 Å². The Kier molecular flexibility index (Phi) is 4.59. The maximum atomic E-state index is 12.9. The van der Waals surface area contributed by atoms with Crippen LogP contribution in [-0.4, -0.2) is 34.0 Å². The van der Waals surface area contributed by atoms with Gasteiger partial charge < -0.3 is 14.4 Å². The Morgan fingerprint density at radius 1 is 1.14 bits per heavy atom. The maximum absolute atomic E-state index is 12.9. The number of carbonyl (C=O) groups is 2. The molecule has 1 aromatic carbocycles. The van der Waals surface area contributed by atoms with Gasteiger partial charge in [-0.25, -0.2) is 0 Å². The summed E-state index contributed by atoms with van der Waals surface area (Å²) in [6.07, 6.45) is 3.10. The number of carbonyl (C=O) groups excluding carboxylic acids is 2. The third-order valence-electron chi connectivity index (χ3n) is 4.69. The molecular formula is C21H17N3O5. The van der Waals surface area contributed by atoms with Gasteiger partial charge in [0.05, 0.1) is 18.7 Å². The predicted molar refractivity (Wildman–Crippen MR) is 103 cm³/mol. The third kappa shape index (κ3) is 3.14. The summed E-state index contributed by atoms with van der Waals surface area (Å²) in [6.45, 7) is 1.69. The van der Waals surface area contributed by atoms with Gasteiger partial charge in [-0.2, -0.15) is 0 Å². The number of benzene rings is 1. The maximum Gasteiger partial charge on any atom is 0.301 e. The number of ether oxygens (including phenoxy) is 1. The van der Waals surface area contributed by atoms with Crippen LogP contribution in [0, 0.1) is 6.92 Å². The molecule has 29 heavy (non-hydrogen) atoms. The van der Waals surface area contributed by atoms with Crippen molar-refractivity contribution in [1.82, 2.24) is 10.1 Å². The molecule has 8 heteroatoms. The molecule has 1 fully saturated rings. The number of anilines is 1. The minimum absolute atomic E-state index is 0.0352. The summed E-state index contributed by atoms with van der Waals surface area (Å²) in [5, 5.41) is 14.8. The number of aliphatic hydroxyl groups excluding tert-OH is 1. The fourth-order valence-corrected chi connectivity index (χ4v) is 3.30. The second-order valence-corrected chi connectivity index (χ2v) is 6.47. The molecule has 3 aromatic rings. The summed E-state index contributed by atoms with van der Waals surface area (Å²) in [6, 6.07) is 10.6. The molecule has 146 valence electrons. The van der Waals surface area contributed by atoms with Crippen LogP contribution >= 0.6 is 0 Å². The second kappa shape index (κ2) is 7.23. The lowest BCUT2D eigenvalue weighted by atomic mass is 9.96. The molecular weight excluding hydrogens is 374 g/mol. The molecule has 0 aliphatic carbocycles. The third-order valence-corrected chi connectivity index (χ3v) is 4.69. The van der Waals surface area contributed by atoms with Gasteiger partial charge in [0.2, 0.25) is 0 Å². The molecule has 8 nitrogen and oxygen atoms in total. The van der Waals surface area contributed by atoms with Crippen molar-refractivity contribution in [2.75, 3.05) is 12.0 Å². The number of pyridine rings is 1. The quantitative estimate of drug-likeness (QED) is 0.414. The smallest absolute Gasteiger partial charge is 0.301 e. The summed E-state index contributed by atoms with van der Waals surface area (Å²) >= 11 is 0. The topological polar surface area (TPSA) is 106 Å². The number of Topliss-reactive ketones (excluding diaryl/α,β-unsaturated/α-hetero) is 1. The summed E-state index contributed by atoms with van der Waals surface area (Å²) < 4.78 is 10.2. The van der Waals surface area contributed by atoms with Crippen molar-refractivity contribution >= 4 is 23.3 Å². The van der Waals surface area contributed by atoms with E-state index in [4.69, 9.17) is 9.26 Å². The highest BCUT2D eigenvalue weighted by Gasteiger charge is 2.48. The first-order valence-corrected chi connectivity index (χ1v) is 8.80. The van der Waals surface area contributed by atoms with E-state index >= 15 is 0 Å². The molecule has 1 aliphatic heterocycles. The van der Waals surface area contributed by atoms with Gasteiger partial charge in [0, 0.05) is 24.0 Å². The van der Waals surface area contributed by atoms with Crippen LogP contribution in [0.1, 0.15) is 22.9 Å². The number of amides is 1. The molecule has 1 N–H and O–H groups in total. The van der Waals surface area contributed by atoms with Crippen molar-refractivity contribution in [1.29, 1.82) is 0 Å². The van der Waals surface area contributed by atoms with Crippen molar-refractivity contribution in [2.24, 2.45) is 0 Å². The molecule has 1 atom stereocenters. The zero-order valence-electron chi connectivity index (χ0n) is 15.7. The van der Waals surface area contributed by atoms with E-state index in [0.29, 0.717) is 22.6 Å². The summed E-state index contributed by atoms with van der Waals surface area (Å²) in [7, 11) is 1.53. The van der Waals surface area contributed by atoms with E-state index in [2.05, 4.69) is 10.1 Å². The minimum Gasteiger partial charge on any atom is -0.507 e. The number of methoxy groups -OCH3 is 1. The highest BCUT2D eigenvalue weighted by Crippen LogP contribution is 2.41. The van der Waals surface area contributed by atoms with Crippen LogP contribution in [0.25, 0.3) is 5.76 Å². The summed E-state index contributed by atoms with van der Waals surface area (Å²) in [5.41, 5.74) is 0.959. The fourth-order valence-electron chi connectivity index (χ4n) is 3.30. The monoisotopic (exact) mass is 391 g/mol. The van der Waals surface area contributed by atoms with Crippen LogP contribution in [0.15, 0.2) is 65.0 Å². The Morgan fingerprint density at radius 2 is 1.83 bits per heavy atom. The average molecular weight is 391 g/mol. The van der Waals surface area contributed by atoms with Crippen molar-refractivity contribution in [3.8, 4) is 5.75 Å².